The van der Waals surface area contributed by atoms with E-state index in [-0.39, 0.29) is 12.0 Å². The molecule has 3 atom stereocenters. The number of rotatable bonds is 6. The normalized spacial score (nSPS) is 32.2. The van der Waals surface area contributed by atoms with Crippen LogP contribution in [0.25, 0.3) is 0 Å². The van der Waals surface area contributed by atoms with Crippen LogP contribution in [0.3, 0.4) is 0 Å². The van der Waals surface area contributed by atoms with Gasteiger partial charge in [0.05, 0.1) is 12.0 Å². The summed E-state index contributed by atoms with van der Waals surface area (Å²) in [4.78, 5) is 14.0. The van der Waals surface area contributed by atoms with E-state index in [1.54, 1.807) is 0 Å². The Hall–Kier alpha value is -0.610. The average molecular weight is 297 g/mol. The largest absolute Gasteiger partial charge is 0.481 e. The second kappa shape index (κ2) is 8.14. The lowest BCUT2D eigenvalue weighted by Crippen LogP contribution is -2.51. The topological polar surface area (TPSA) is 49.8 Å². The summed E-state index contributed by atoms with van der Waals surface area (Å²) in [6, 6.07) is 0.246. The molecule has 21 heavy (non-hydrogen) atoms. The maximum absolute atomic E-state index is 11.6. The highest BCUT2D eigenvalue weighted by molar-refractivity contribution is 5.71. The standard InChI is InChI=1S/C17H31NO3/c1-3-5-13-6-7-15(17(19)20)16(12-13)18-10-8-14(9-11-18)21-4-2/h13-16H,3-12H2,1-2H3,(H,19,20). The minimum absolute atomic E-state index is 0.165. The van der Waals surface area contributed by atoms with Crippen molar-refractivity contribution in [3.63, 3.8) is 0 Å². The zero-order chi connectivity index (χ0) is 15.2. The smallest absolute Gasteiger partial charge is 0.308 e. The Kier molecular flexibility index (Phi) is 6.49. The van der Waals surface area contributed by atoms with Gasteiger partial charge in [-0.3, -0.25) is 9.69 Å². The number of nitrogens with zero attached hydrogens (tertiary/aromatic N) is 1. The molecule has 1 aliphatic heterocycles. The maximum Gasteiger partial charge on any atom is 0.308 e. The molecule has 0 bridgehead atoms. The third kappa shape index (κ3) is 4.43. The van der Waals surface area contributed by atoms with Gasteiger partial charge in [-0.15, -0.1) is 0 Å². The molecule has 0 aromatic heterocycles. The van der Waals surface area contributed by atoms with Crippen LogP contribution in [0.1, 0.15) is 58.8 Å². The van der Waals surface area contributed by atoms with Gasteiger partial charge in [0, 0.05) is 25.7 Å². The average Bonchev–Trinajstić information content (AvgIpc) is 2.48. The first-order chi connectivity index (χ1) is 10.2. The van der Waals surface area contributed by atoms with E-state index < -0.39 is 5.97 Å². The molecule has 0 amide bonds. The van der Waals surface area contributed by atoms with Crippen LogP contribution in [0.5, 0.6) is 0 Å². The lowest BCUT2D eigenvalue weighted by molar-refractivity contribution is -0.147. The van der Waals surface area contributed by atoms with Crippen molar-refractivity contribution >= 4 is 5.97 Å². The van der Waals surface area contributed by atoms with E-state index in [4.69, 9.17) is 4.74 Å². The molecule has 122 valence electrons. The number of carboxylic acid groups (broad SMARTS) is 1. The highest BCUT2D eigenvalue weighted by Gasteiger charge is 2.39. The first kappa shape index (κ1) is 16.8. The summed E-state index contributed by atoms with van der Waals surface area (Å²) in [6.07, 6.45) is 7.96. The van der Waals surface area contributed by atoms with E-state index >= 15 is 0 Å². The van der Waals surface area contributed by atoms with Crippen LogP contribution >= 0.6 is 0 Å². The summed E-state index contributed by atoms with van der Waals surface area (Å²) in [6.45, 7) is 7.05. The van der Waals surface area contributed by atoms with Crippen molar-refractivity contribution in [2.24, 2.45) is 11.8 Å². The van der Waals surface area contributed by atoms with Gasteiger partial charge in [0.2, 0.25) is 0 Å². The van der Waals surface area contributed by atoms with E-state index in [2.05, 4.69) is 11.8 Å². The van der Waals surface area contributed by atoms with E-state index in [1.807, 2.05) is 6.92 Å². The van der Waals surface area contributed by atoms with Gasteiger partial charge in [0.15, 0.2) is 0 Å². The third-order valence-electron chi connectivity index (χ3n) is 5.29. The molecule has 2 rings (SSSR count). The Morgan fingerprint density at radius 2 is 1.90 bits per heavy atom. The van der Waals surface area contributed by atoms with Crippen molar-refractivity contribution in [3.05, 3.63) is 0 Å². The number of carboxylic acids is 1. The molecule has 4 heteroatoms. The van der Waals surface area contributed by atoms with E-state index in [0.717, 1.165) is 57.7 Å². The predicted molar refractivity (Wildman–Crippen MR) is 83.4 cm³/mol. The molecule has 3 unspecified atom stereocenters. The van der Waals surface area contributed by atoms with Crippen molar-refractivity contribution in [1.82, 2.24) is 4.90 Å². The van der Waals surface area contributed by atoms with E-state index in [0.29, 0.717) is 6.10 Å². The summed E-state index contributed by atoms with van der Waals surface area (Å²) < 4.78 is 5.71. The van der Waals surface area contributed by atoms with Crippen LogP contribution in [-0.4, -0.2) is 47.8 Å². The minimum atomic E-state index is -0.595. The number of hydrogen-bond donors (Lipinski definition) is 1. The van der Waals surface area contributed by atoms with Gasteiger partial charge in [-0.25, -0.2) is 0 Å². The zero-order valence-electron chi connectivity index (χ0n) is 13.6. The summed E-state index contributed by atoms with van der Waals surface area (Å²) in [5.74, 6) is -0.0381. The number of ether oxygens (including phenoxy) is 1. The van der Waals surface area contributed by atoms with Gasteiger partial charge in [-0.2, -0.15) is 0 Å². The molecule has 1 N–H and O–H groups in total. The van der Waals surface area contributed by atoms with Crippen molar-refractivity contribution in [1.29, 1.82) is 0 Å². The Bertz CT molecular complexity index is 326. The van der Waals surface area contributed by atoms with Crippen LogP contribution in [-0.2, 0) is 9.53 Å². The van der Waals surface area contributed by atoms with Crippen LogP contribution in [0.2, 0.25) is 0 Å². The third-order valence-corrected chi connectivity index (χ3v) is 5.29. The molecule has 0 aromatic rings. The maximum atomic E-state index is 11.6. The van der Waals surface area contributed by atoms with Gasteiger partial charge < -0.3 is 9.84 Å². The number of piperidine rings is 1. The predicted octanol–water partition coefficient (Wildman–Crippen LogP) is 3.16. The molecule has 0 aromatic carbocycles. The second-order valence-electron chi connectivity index (χ2n) is 6.67. The monoisotopic (exact) mass is 297 g/mol. The molecular weight excluding hydrogens is 266 g/mol. The van der Waals surface area contributed by atoms with Gasteiger partial charge in [0.25, 0.3) is 0 Å². The number of hydrogen-bond acceptors (Lipinski definition) is 3. The number of aliphatic carboxylic acids is 1. The van der Waals surface area contributed by atoms with Crippen molar-refractivity contribution in [3.8, 4) is 0 Å². The minimum Gasteiger partial charge on any atom is -0.481 e. The second-order valence-corrected chi connectivity index (χ2v) is 6.67. The summed E-state index contributed by atoms with van der Waals surface area (Å²) >= 11 is 0. The number of likely N-dealkylation sites (tertiary alicyclic amines) is 1. The zero-order valence-corrected chi connectivity index (χ0v) is 13.6. The molecule has 1 saturated heterocycles. The van der Waals surface area contributed by atoms with E-state index in [9.17, 15) is 9.90 Å². The molecule has 0 radical (unpaired) electrons. The van der Waals surface area contributed by atoms with Crippen molar-refractivity contribution in [2.75, 3.05) is 19.7 Å². The first-order valence-corrected chi connectivity index (χ1v) is 8.74. The molecule has 0 spiro atoms. The fourth-order valence-corrected chi connectivity index (χ4v) is 4.20. The highest BCUT2D eigenvalue weighted by atomic mass is 16.5. The molecule has 1 saturated carbocycles. The Morgan fingerprint density at radius 1 is 1.19 bits per heavy atom. The Morgan fingerprint density at radius 3 is 2.48 bits per heavy atom. The van der Waals surface area contributed by atoms with Crippen molar-refractivity contribution < 1.29 is 14.6 Å². The SMILES string of the molecule is CCCC1CCC(C(=O)O)C(N2CCC(OCC)CC2)C1. The van der Waals surface area contributed by atoms with Gasteiger partial charge in [0.1, 0.15) is 0 Å². The molecule has 2 aliphatic rings. The van der Waals surface area contributed by atoms with Crippen LogP contribution in [0.15, 0.2) is 0 Å². The summed E-state index contributed by atoms with van der Waals surface area (Å²) in [5.41, 5.74) is 0. The van der Waals surface area contributed by atoms with E-state index in [1.165, 1.54) is 12.8 Å². The highest BCUT2D eigenvalue weighted by Crippen LogP contribution is 2.36. The molecule has 1 aliphatic carbocycles. The van der Waals surface area contributed by atoms with Gasteiger partial charge >= 0.3 is 5.97 Å². The quantitative estimate of drug-likeness (QED) is 0.818. The van der Waals surface area contributed by atoms with Crippen LogP contribution in [0, 0.1) is 11.8 Å². The lowest BCUT2D eigenvalue weighted by atomic mass is 9.75. The summed E-state index contributed by atoms with van der Waals surface area (Å²) in [5, 5.41) is 9.54. The molecule has 4 nitrogen and oxygen atoms in total. The van der Waals surface area contributed by atoms with Crippen LogP contribution < -0.4 is 0 Å². The Labute approximate surface area is 128 Å². The molecule has 1 heterocycles. The lowest BCUT2D eigenvalue weighted by Gasteiger charge is -2.44. The first-order valence-electron chi connectivity index (χ1n) is 8.74. The fraction of sp³-hybridized carbons (Fsp3) is 0.941. The Balaban J connectivity index is 1.94. The molecule has 2 fully saturated rings. The van der Waals surface area contributed by atoms with Crippen LogP contribution in [0.4, 0.5) is 0 Å². The van der Waals surface area contributed by atoms with Crippen molar-refractivity contribution in [2.45, 2.75) is 70.9 Å². The molecular formula is C17H31NO3. The van der Waals surface area contributed by atoms with Gasteiger partial charge in [-0.1, -0.05) is 19.8 Å². The summed E-state index contributed by atoms with van der Waals surface area (Å²) in [7, 11) is 0. The fourth-order valence-electron chi connectivity index (χ4n) is 4.20. The van der Waals surface area contributed by atoms with Gasteiger partial charge in [-0.05, 0) is 44.9 Å². The number of carbonyl (C=O) groups is 1.